The van der Waals surface area contributed by atoms with Gasteiger partial charge in [-0.25, -0.2) is 11.4 Å². The van der Waals surface area contributed by atoms with E-state index in [1.165, 1.54) is 0 Å². The maximum atomic E-state index is 11.3. The quantitative estimate of drug-likeness (QED) is 0.605. The summed E-state index contributed by atoms with van der Waals surface area (Å²) in [5, 5.41) is 0. The van der Waals surface area contributed by atoms with Crippen molar-refractivity contribution < 1.29 is 14.3 Å². The van der Waals surface area contributed by atoms with Crippen molar-refractivity contribution >= 4 is 6.16 Å². The molecule has 0 radical (unpaired) electrons. The average molecular weight is 247 g/mol. The summed E-state index contributed by atoms with van der Waals surface area (Å²) in [6, 6.07) is 7.69. The van der Waals surface area contributed by atoms with Gasteiger partial charge >= 0.3 is 6.16 Å². The highest BCUT2D eigenvalue weighted by molar-refractivity contribution is 5.60. The first-order valence-corrected chi connectivity index (χ1v) is 5.67. The fourth-order valence-electron chi connectivity index (χ4n) is 1.14. The number of hydrogen-bond donors (Lipinski definition) is 0. The van der Waals surface area contributed by atoms with E-state index in [-0.39, 0.29) is 13.2 Å². The van der Waals surface area contributed by atoms with Crippen molar-refractivity contribution in [2.75, 3.05) is 6.61 Å². The largest absolute Gasteiger partial charge is 0.508 e. The molecule has 1 aromatic rings. The summed E-state index contributed by atoms with van der Waals surface area (Å²) in [6.07, 6.45) is -0.743. The molecule has 0 aliphatic carbocycles. The SMILES string of the molecule is [C-]#[N+]C(C)(C)COC(=O)OCc1ccc(C)cc1. The number of benzene rings is 1. The molecule has 4 heteroatoms. The van der Waals surface area contributed by atoms with Crippen LogP contribution < -0.4 is 0 Å². The summed E-state index contributed by atoms with van der Waals surface area (Å²) in [4.78, 5) is 14.6. The van der Waals surface area contributed by atoms with E-state index < -0.39 is 11.7 Å². The highest BCUT2D eigenvalue weighted by atomic mass is 16.7. The molecule has 1 rings (SSSR count). The molecule has 0 atom stereocenters. The molecule has 4 nitrogen and oxygen atoms in total. The van der Waals surface area contributed by atoms with Crippen molar-refractivity contribution in [2.24, 2.45) is 0 Å². The first-order chi connectivity index (χ1) is 8.43. The topological polar surface area (TPSA) is 39.9 Å². The minimum atomic E-state index is -0.743. The number of carbonyl (C=O) groups is 1. The van der Waals surface area contributed by atoms with Crippen LogP contribution in [0, 0.1) is 13.5 Å². The Kier molecular flexibility index (Phi) is 4.73. The lowest BCUT2D eigenvalue weighted by atomic mass is 10.1. The van der Waals surface area contributed by atoms with E-state index in [0.29, 0.717) is 0 Å². The van der Waals surface area contributed by atoms with E-state index in [1.807, 2.05) is 31.2 Å². The van der Waals surface area contributed by atoms with Gasteiger partial charge in [0.15, 0.2) is 6.61 Å². The Morgan fingerprint density at radius 2 is 1.89 bits per heavy atom. The Bertz CT molecular complexity index is 443. The molecule has 0 saturated carbocycles. The maximum Gasteiger partial charge on any atom is 0.508 e. The molecule has 0 bridgehead atoms. The lowest BCUT2D eigenvalue weighted by Gasteiger charge is -2.11. The summed E-state index contributed by atoms with van der Waals surface area (Å²) in [7, 11) is 0. The molecule has 0 spiro atoms. The van der Waals surface area contributed by atoms with Crippen molar-refractivity contribution in [3.8, 4) is 0 Å². The zero-order valence-corrected chi connectivity index (χ0v) is 10.9. The molecule has 0 aliphatic heterocycles. The predicted molar refractivity (Wildman–Crippen MR) is 68.0 cm³/mol. The van der Waals surface area contributed by atoms with Gasteiger partial charge in [-0.15, -0.1) is 0 Å². The molecule has 0 heterocycles. The molecule has 0 N–H and O–H groups in total. The Labute approximate surface area is 107 Å². The lowest BCUT2D eigenvalue weighted by Crippen LogP contribution is -2.24. The van der Waals surface area contributed by atoms with Crippen LogP contribution in [0.15, 0.2) is 24.3 Å². The van der Waals surface area contributed by atoms with Gasteiger partial charge in [-0.05, 0) is 12.5 Å². The molecule has 0 amide bonds. The minimum absolute atomic E-state index is 0.0310. The van der Waals surface area contributed by atoms with Crippen LogP contribution in [-0.2, 0) is 16.1 Å². The fraction of sp³-hybridized carbons (Fsp3) is 0.429. The standard InChI is InChI=1S/C14H17NO3/c1-11-5-7-12(8-6-11)9-17-13(16)18-10-14(2,3)15-4/h5-8H,9-10H2,1-3H3. The van der Waals surface area contributed by atoms with Gasteiger partial charge in [0.25, 0.3) is 5.54 Å². The number of hydrogen-bond acceptors (Lipinski definition) is 3. The molecule has 96 valence electrons. The van der Waals surface area contributed by atoms with E-state index in [1.54, 1.807) is 13.8 Å². The second-order valence-electron chi connectivity index (χ2n) is 4.74. The smallest absolute Gasteiger partial charge is 0.429 e. The molecule has 1 aromatic carbocycles. The third-order valence-electron chi connectivity index (χ3n) is 2.32. The van der Waals surface area contributed by atoms with Crippen LogP contribution >= 0.6 is 0 Å². The fourth-order valence-corrected chi connectivity index (χ4v) is 1.14. The third-order valence-corrected chi connectivity index (χ3v) is 2.32. The zero-order valence-electron chi connectivity index (χ0n) is 10.9. The van der Waals surface area contributed by atoms with Crippen LogP contribution in [0.1, 0.15) is 25.0 Å². The molecule has 18 heavy (non-hydrogen) atoms. The Morgan fingerprint density at radius 1 is 1.28 bits per heavy atom. The molecular formula is C14H17NO3. The predicted octanol–water partition coefficient (Wildman–Crippen LogP) is 3.35. The summed E-state index contributed by atoms with van der Waals surface area (Å²) >= 11 is 0. The summed E-state index contributed by atoms with van der Waals surface area (Å²) < 4.78 is 9.81. The first kappa shape index (κ1) is 14.0. The first-order valence-electron chi connectivity index (χ1n) is 5.67. The van der Waals surface area contributed by atoms with Crippen LogP contribution in [0.5, 0.6) is 0 Å². The van der Waals surface area contributed by atoms with Crippen molar-refractivity contribution in [1.29, 1.82) is 0 Å². The van der Waals surface area contributed by atoms with Crippen molar-refractivity contribution in [2.45, 2.75) is 32.9 Å². The molecule has 0 saturated heterocycles. The third kappa shape index (κ3) is 4.88. The second-order valence-corrected chi connectivity index (χ2v) is 4.74. The van der Waals surface area contributed by atoms with E-state index in [2.05, 4.69) is 4.85 Å². The van der Waals surface area contributed by atoms with Gasteiger partial charge in [0, 0.05) is 13.8 Å². The van der Waals surface area contributed by atoms with Gasteiger partial charge in [-0.1, -0.05) is 29.8 Å². The number of aryl methyl sites for hydroxylation is 1. The second kappa shape index (κ2) is 6.06. The van der Waals surface area contributed by atoms with Crippen molar-refractivity contribution in [1.82, 2.24) is 0 Å². The Morgan fingerprint density at radius 3 is 2.44 bits per heavy atom. The number of ether oxygens (including phenoxy) is 2. The number of carbonyl (C=O) groups excluding carboxylic acids is 1. The molecule has 0 fully saturated rings. The minimum Gasteiger partial charge on any atom is -0.429 e. The van der Waals surface area contributed by atoms with Gasteiger partial charge in [-0.3, -0.25) is 0 Å². The van der Waals surface area contributed by atoms with E-state index >= 15 is 0 Å². The number of nitrogens with zero attached hydrogens (tertiary/aromatic N) is 1. The van der Waals surface area contributed by atoms with Gasteiger partial charge in [0.1, 0.15) is 6.61 Å². The molecule has 0 aliphatic rings. The Hall–Kier alpha value is -2.02. The number of rotatable bonds is 4. The van der Waals surface area contributed by atoms with Crippen LogP contribution in [-0.4, -0.2) is 18.3 Å². The maximum absolute atomic E-state index is 11.3. The highest BCUT2D eigenvalue weighted by Gasteiger charge is 2.25. The van der Waals surface area contributed by atoms with Crippen molar-refractivity contribution in [3.05, 3.63) is 46.8 Å². The van der Waals surface area contributed by atoms with Crippen molar-refractivity contribution in [3.63, 3.8) is 0 Å². The van der Waals surface area contributed by atoms with Crippen LogP contribution in [0.4, 0.5) is 4.79 Å². The summed E-state index contributed by atoms with van der Waals surface area (Å²) in [5.74, 6) is 0. The molecule has 0 unspecified atom stereocenters. The lowest BCUT2D eigenvalue weighted by molar-refractivity contribution is 0.0421. The van der Waals surface area contributed by atoms with Crippen LogP contribution in [0.3, 0.4) is 0 Å². The summed E-state index contributed by atoms with van der Waals surface area (Å²) in [5.41, 5.74) is 1.35. The van der Waals surface area contributed by atoms with Gasteiger partial charge < -0.3 is 14.3 Å². The normalized spacial score (nSPS) is 10.6. The van der Waals surface area contributed by atoms with Gasteiger partial charge in [-0.2, -0.15) is 0 Å². The summed E-state index contributed by atoms with van der Waals surface area (Å²) in [6.45, 7) is 12.5. The Balaban J connectivity index is 2.34. The highest BCUT2D eigenvalue weighted by Crippen LogP contribution is 2.10. The van der Waals surface area contributed by atoms with Gasteiger partial charge in [0.2, 0.25) is 0 Å². The average Bonchev–Trinajstić information content (AvgIpc) is 2.36. The van der Waals surface area contributed by atoms with Gasteiger partial charge in [0.05, 0.1) is 0 Å². The van der Waals surface area contributed by atoms with E-state index in [0.717, 1.165) is 11.1 Å². The monoisotopic (exact) mass is 247 g/mol. The van der Waals surface area contributed by atoms with Crippen LogP contribution in [0.2, 0.25) is 0 Å². The zero-order chi connectivity index (χ0) is 13.6. The molecular weight excluding hydrogens is 230 g/mol. The van der Waals surface area contributed by atoms with E-state index in [4.69, 9.17) is 16.0 Å². The molecule has 0 aromatic heterocycles. The van der Waals surface area contributed by atoms with Crippen LogP contribution in [0.25, 0.3) is 4.85 Å². The van der Waals surface area contributed by atoms with E-state index in [9.17, 15) is 4.79 Å².